The van der Waals surface area contributed by atoms with E-state index in [2.05, 4.69) is 24.5 Å². The monoisotopic (exact) mass is 395 g/mol. The Morgan fingerprint density at radius 2 is 1.78 bits per heavy atom. The minimum Gasteiger partial charge on any atom is -0.374 e. The van der Waals surface area contributed by atoms with E-state index in [1.807, 2.05) is 0 Å². The fourth-order valence-corrected chi connectivity index (χ4v) is 5.27. The third-order valence-corrected chi connectivity index (χ3v) is 7.06. The van der Waals surface area contributed by atoms with Gasteiger partial charge < -0.3 is 15.4 Å². The van der Waals surface area contributed by atoms with E-state index >= 15 is 0 Å². The van der Waals surface area contributed by atoms with Crippen molar-refractivity contribution in [3.05, 3.63) is 24.3 Å². The normalized spacial score (nSPS) is 24.0. The molecule has 0 aromatic heterocycles. The van der Waals surface area contributed by atoms with Crippen LogP contribution in [0.3, 0.4) is 0 Å². The standard InChI is InChI=1S/C19H29N3O4S/c1-14(23)20-15-4-6-18(7-5-15)27(24,25)22-10-8-16(9-11-22)21-17-12-19(2,3)26-13-17/h4-7,16-17,21H,8-13H2,1-3H3,(H,20,23). The maximum Gasteiger partial charge on any atom is 0.243 e. The Balaban J connectivity index is 1.55. The molecule has 1 aromatic carbocycles. The van der Waals surface area contributed by atoms with Crippen LogP contribution in [0.5, 0.6) is 0 Å². The van der Waals surface area contributed by atoms with E-state index in [4.69, 9.17) is 4.74 Å². The number of nitrogens with one attached hydrogen (secondary N) is 2. The number of amides is 1. The molecule has 27 heavy (non-hydrogen) atoms. The van der Waals surface area contributed by atoms with Crippen molar-refractivity contribution in [1.29, 1.82) is 0 Å². The minimum absolute atomic E-state index is 0.0783. The van der Waals surface area contributed by atoms with Gasteiger partial charge in [-0.3, -0.25) is 4.79 Å². The van der Waals surface area contributed by atoms with Crippen molar-refractivity contribution >= 4 is 21.6 Å². The molecule has 1 unspecified atom stereocenters. The van der Waals surface area contributed by atoms with Gasteiger partial charge in [-0.2, -0.15) is 4.31 Å². The topological polar surface area (TPSA) is 87.7 Å². The molecule has 1 atom stereocenters. The SMILES string of the molecule is CC(=O)Nc1ccc(S(=O)(=O)N2CCC(NC3COC(C)(C)C3)CC2)cc1. The van der Waals surface area contributed by atoms with Crippen LogP contribution >= 0.6 is 0 Å². The Morgan fingerprint density at radius 1 is 1.15 bits per heavy atom. The highest BCUT2D eigenvalue weighted by Gasteiger charge is 2.35. The zero-order valence-electron chi connectivity index (χ0n) is 16.2. The summed E-state index contributed by atoms with van der Waals surface area (Å²) in [7, 11) is -3.51. The molecule has 150 valence electrons. The van der Waals surface area contributed by atoms with Crippen LogP contribution in [0.25, 0.3) is 0 Å². The summed E-state index contributed by atoms with van der Waals surface area (Å²) in [5, 5.41) is 6.27. The molecule has 2 fully saturated rings. The Morgan fingerprint density at radius 3 is 2.30 bits per heavy atom. The maximum atomic E-state index is 12.9. The van der Waals surface area contributed by atoms with Crippen LogP contribution in [0.4, 0.5) is 5.69 Å². The summed E-state index contributed by atoms with van der Waals surface area (Å²) in [4.78, 5) is 11.3. The fraction of sp³-hybridized carbons (Fsp3) is 0.632. The van der Waals surface area contributed by atoms with Gasteiger partial charge in [0.2, 0.25) is 15.9 Å². The summed E-state index contributed by atoms with van der Waals surface area (Å²) >= 11 is 0. The molecule has 1 aromatic rings. The molecule has 1 amide bonds. The number of nitrogens with zero attached hydrogens (tertiary/aromatic N) is 1. The summed E-state index contributed by atoms with van der Waals surface area (Å²) in [6, 6.07) is 6.98. The van der Waals surface area contributed by atoms with Gasteiger partial charge in [-0.1, -0.05) is 0 Å². The second-order valence-electron chi connectivity index (χ2n) is 8.02. The molecule has 0 spiro atoms. The third kappa shape index (κ3) is 5.07. The highest BCUT2D eigenvalue weighted by atomic mass is 32.2. The Labute approximate surface area is 161 Å². The van der Waals surface area contributed by atoms with Crippen LogP contribution in [0.2, 0.25) is 0 Å². The largest absolute Gasteiger partial charge is 0.374 e. The lowest BCUT2D eigenvalue weighted by Crippen LogP contribution is -2.48. The van der Waals surface area contributed by atoms with Gasteiger partial charge in [0.25, 0.3) is 0 Å². The highest BCUT2D eigenvalue weighted by Crippen LogP contribution is 2.27. The first kappa shape index (κ1) is 20.3. The first-order valence-corrected chi connectivity index (χ1v) is 10.9. The number of carbonyl (C=O) groups excluding carboxylic acids is 1. The maximum absolute atomic E-state index is 12.9. The van der Waals surface area contributed by atoms with Crippen molar-refractivity contribution in [3.8, 4) is 0 Å². The zero-order chi connectivity index (χ0) is 19.7. The number of piperidine rings is 1. The number of rotatable bonds is 5. The van der Waals surface area contributed by atoms with Crippen molar-refractivity contribution in [2.24, 2.45) is 0 Å². The molecule has 2 saturated heterocycles. The average molecular weight is 396 g/mol. The molecule has 7 nitrogen and oxygen atoms in total. The molecule has 0 saturated carbocycles. The fourth-order valence-electron chi connectivity index (χ4n) is 3.80. The molecule has 2 N–H and O–H groups in total. The predicted molar refractivity (Wildman–Crippen MR) is 104 cm³/mol. The summed E-state index contributed by atoms with van der Waals surface area (Å²) in [5.74, 6) is -0.184. The zero-order valence-corrected chi connectivity index (χ0v) is 17.0. The van der Waals surface area contributed by atoms with Crippen molar-refractivity contribution in [3.63, 3.8) is 0 Å². The van der Waals surface area contributed by atoms with E-state index in [0.717, 1.165) is 19.3 Å². The van der Waals surface area contributed by atoms with Crippen LogP contribution in [-0.4, -0.2) is 56.0 Å². The summed E-state index contributed by atoms with van der Waals surface area (Å²) < 4.78 is 33.0. The minimum atomic E-state index is -3.51. The van der Waals surface area contributed by atoms with E-state index in [-0.39, 0.29) is 16.4 Å². The van der Waals surface area contributed by atoms with E-state index in [0.29, 0.717) is 37.5 Å². The molecular formula is C19H29N3O4S. The highest BCUT2D eigenvalue weighted by molar-refractivity contribution is 7.89. The third-order valence-electron chi connectivity index (χ3n) is 5.15. The second-order valence-corrected chi connectivity index (χ2v) is 9.96. The molecule has 0 radical (unpaired) electrons. The van der Waals surface area contributed by atoms with Gasteiger partial charge in [0.05, 0.1) is 17.1 Å². The number of hydrogen-bond donors (Lipinski definition) is 2. The first-order chi connectivity index (χ1) is 12.7. The first-order valence-electron chi connectivity index (χ1n) is 9.43. The molecule has 2 aliphatic heterocycles. The molecule has 2 heterocycles. The summed E-state index contributed by atoms with van der Waals surface area (Å²) in [5.41, 5.74) is 0.511. The number of carbonyl (C=O) groups is 1. The van der Waals surface area contributed by atoms with Gasteiger partial charge in [0.1, 0.15) is 0 Å². The number of benzene rings is 1. The van der Waals surface area contributed by atoms with Crippen molar-refractivity contribution < 1.29 is 17.9 Å². The smallest absolute Gasteiger partial charge is 0.243 e. The Bertz CT molecular complexity index is 769. The molecule has 0 aliphatic carbocycles. The van der Waals surface area contributed by atoms with Gasteiger partial charge in [-0.25, -0.2) is 8.42 Å². The second kappa shape index (κ2) is 7.87. The average Bonchev–Trinajstić information content (AvgIpc) is 2.94. The lowest BCUT2D eigenvalue weighted by molar-refractivity contribution is -0.114. The number of sulfonamides is 1. The Hall–Kier alpha value is -1.48. The number of anilines is 1. The van der Waals surface area contributed by atoms with E-state index in [1.54, 1.807) is 28.6 Å². The quantitative estimate of drug-likeness (QED) is 0.796. The van der Waals surface area contributed by atoms with Crippen LogP contribution in [-0.2, 0) is 19.6 Å². The van der Waals surface area contributed by atoms with Crippen LogP contribution in [0.1, 0.15) is 40.0 Å². The van der Waals surface area contributed by atoms with Gasteiger partial charge in [0, 0.05) is 37.8 Å². The van der Waals surface area contributed by atoms with Gasteiger partial charge in [-0.05, 0) is 57.4 Å². The van der Waals surface area contributed by atoms with Crippen molar-refractivity contribution in [1.82, 2.24) is 9.62 Å². The number of hydrogen-bond acceptors (Lipinski definition) is 5. The molecule has 8 heteroatoms. The van der Waals surface area contributed by atoms with Crippen molar-refractivity contribution in [2.75, 3.05) is 25.0 Å². The lowest BCUT2D eigenvalue weighted by atomic mass is 10.0. The van der Waals surface area contributed by atoms with E-state index < -0.39 is 10.0 Å². The van der Waals surface area contributed by atoms with Crippen LogP contribution in [0, 0.1) is 0 Å². The summed E-state index contributed by atoms with van der Waals surface area (Å²) in [6.07, 6.45) is 2.56. The van der Waals surface area contributed by atoms with Gasteiger partial charge >= 0.3 is 0 Å². The summed E-state index contributed by atoms with van der Waals surface area (Å²) in [6.45, 7) is 7.34. The molecular weight excluding hydrogens is 366 g/mol. The predicted octanol–water partition coefficient (Wildman–Crippen LogP) is 1.96. The van der Waals surface area contributed by atoms with E-state index in [1.165, 1.54) is 6.92 Å². The van der Waals surface area contributed by atoms with E-state index in [9.17, 15) is 13.2 Å². The van der Waals surface area contributed by atoms with Crippen molar-refractivity contribution in [2.45, 2.75) is 62.6 Å². The molecule has 2 aliphatic rings. The van der Waals surface area contributed by atoms with Gasteiger partial charge in [0.15, 0.2) is 0 Å². The van der Waals surface area contributed by atoms with Crippen LogP contribution in [0.15, 0.2) is 29.2 Å². The molecule has 3 rings (SSSR count). The lowest BCUT2D eigenvalue weighted by Gasteiger charge is -2.33. The van der Waals surface area contributed by atoms with Gasteiger partial charge in [-0.15, -0.1) is 0 Å². The molecule has 0 bridgehead atoms. The number of ether oxygens (including phenoxy) is 1. The van der Waals surface area contributed by atoms with Crippen LogP contribution < -0.4 is 10.6 Å². The Kier molecular flexibility index (Phi) is 5.90.